The fourth-order valence-corrected chi connectivity index (χ4v) is 2.26. The highest BCUT2D eigenvalue weighted by Crippen LogP contribution is 2.20. The van der Waals surface area contributed by atoms with E-state index in [2.05, 4.69) is 15.9 Å². The summed E-state index contributed by atoms with van der Waals surface area (Å²) in [5, 5.41) is 0. The monoisotopic (exact) mass is 360 g/mol. The molecule has 0 aliphatic heterocycles. The molecule has 3 nitrogen and oxygen atoms in total. The van der Waals surface area contributed by atoms with Crippen molar-refractivity contribution in [1.29, 1.82) is 0 Å². The van der Waals surface area contributed by atoms with Crippen LogP contribution in [-0.2, 0) is 0 Å². The number of hydrogen-bond acceptors (Lipinski definition) is 2. The van der Waals surface area contributed by atoms with Crippen molar-refractivity contribution in [2.45, 2.75) is 20.3 Å². The van der Waals surface area contributed by atoms with Gasteiger partial charge in [0.1, 0.15) is 5.82 Å². The molecule has 0 bridgehead atoms. The zero-order valence-corrected chi connectivity index (χ0v) is 13.9. The number of rotatable bonds is 6. The van der Waals surface area contributed by atoms with Crippen LogP contribution in [0.5, 0.6) is 0 Å². The Balaban J connectivity index is 2.96. The van der Waals surface area contributed by atoms with Gasteiger partial charge in [-0.15, -0.1) is 0 Å². The van der Waals surface area contributed by atoms with Crippen LogP contribution in [0.1, 0.15) is 30.6 Å². The molecule has 0 fully saturated rings. The summed E-state index contributed by atoms with van der Waals surface area (Å²) in [6.07, 6.45) is 0.434. The average molecular weight is 361 g/mol. The van der Waals surface area contributed by atoms with E-state index >= 15 is 0 Å². The SMILES string of the molecule is CC(C)CN(CCC(N)=S)C(=O)c1cccc(Br)c1F. The summed E-state index contributed by atoms with van der Waals surface area (Å²) in [5.41, 5.74) is 5.53. The van der Waals surface area contributed by atoms with Crippen molar-refractivity contribution in [2.75, 3.05) is 13.1 Å². The largest absolute Gasteiger partial charge is 0.393 e. The van der Waals surface area contributed by atoms with Crippen LogP contribution in [0.4, 0.5) is 4.39 Å². The molecule has 0 aromatic heterocycles. The maximum atomic E-state index is 14.0. The lowest BCUT2D eigenvalue weighted by atomic mass is 10.1. The molecule has 6 heteroatoms. The van der Waals surface area contributed by atoms with E-state index in [-0.39, 0.29) is 21.9 Å². The number of carbonyl (C=O) groups is 1. The summed E-state index contributed by atoms with van der Waals surface area (Å²) >= 11 is 7.93. The van der Waals surface area contributed by atoms with Crippen molar-refractivity contribution in [1.82, 2.24) is 4.90 Å². The molecule has 2 N–H and O–H groups in total. The van der Waals surface area contributed by atoms with Crippen LogP contribution in [0.3, 0.4) is 0 Å². The Hall–Kier alpha value is -1.01. The topological polar surface area (TPSA) is 46.3 Å². The second-order valence-corrected chi connectivity index (χ2v) is 6.34. The zero-order chi connectivity index (χ0) is 15.3. The van der Waals surface area contributed by atoms with E-state index in [4.69, 9.17) is 18.0 Å². The summed E-state index contributed by atoms with van der Waals surface area (Å²) in [6.45, 7) is 4.93. The van der Waals surface area contributed by atoms with Crippen LogP contribution in [0.2, 0.25) is 0 Å². The molecule has 0 radical (unpaired) electrons. The first-order valence-corrected chi connectivity index (χ1v) is 7.54. The van der Waals surface area contributed by atoms with Crippen LogP contribution in [0, 0.1) is 11.7 Å². The lowest BCUT2D eigenvalue weighted by molar-refractivity contribution is 0.0736. The molecule has 0 aliphatic carbocycles. The zero-order valence-electron chi connectivity index (χ0n) is 11.5. The quantitative estimate of drug-likeness (QED) is 0.791. The minimum absolute atomic E-state index is 0.0583. The highest BCUT2D eigenvalue weighted by molar-refractivity contribution is 9.10. The first-order chi connectivity index (χ1) is 9.32. The normalized spacial score (nSPS) is 10.7. The summed E-state index contributed by atoms with van der Waals surface area (Å²) in [7, 11) is 0. The van der Waals surface area contributed by atoms with E-state index in [1.807, 2.05) is 13.8 Å². The Labute approximate surface area is 132 Å². The van der Waals surface area contributed by atoms with Crippen LogP contribution in [-0.4, -0.2) is 28.9 Å². The fourth-order valence-electron chi connectivity index (χ4n) is 1.80. The van der Waals surface area contributed by atoms with Crippen molar-refractivity contribution in [2.24, 2.45) is 11.7 Å². The molecule has 1 rings (SSSR count). The molecule has 1 aromatic carbocycles. The van der Waals surface area contributed by atoms with Gasteiger partial charge in [-0.3, -0.25) is 4.79 Å². The number of hydrogen-bond donors (Lipinski definition) is 1. The molecule has 0 unspecified atom stereocenters. The fraction of sp³-hybridized carbons (Fsp3) is 0.429. The van der Waals surface area contributed by atoms with E-state index in [0.29, 0.717) is 24.5 Å². The van der Waals surface area contributed by atoms with E-state index in [9.17, 15) is 9.18 Å². The predicted octanol–water partition coefficient (Wildman–Crippen LogP) is 3.36. The molecular weight excluding hydrogens is 343 g/mol. The third-order valence-corrected chi connectivity index (χ3v) is 3.50. The Bertz CT molecular complexity index is 508. The van der Waals surface area contributed by atoms with Gasteiger partial charge < -0.3 is 10.6 Å². The molecular formula is C14H18BrFN2OS. The van der Waals surface area contributed by atoms with Gasteiger partial charge in [0.25, 0.3) is 5.91 Å². The predicted molar refractivity (Wildman–Crippen MR) is 86.2 cm³/mol. The van der Waals surface area contributed by atoms with Gasteiger partial charge in [-0.2, -0.15) is 0 Å². The van der Waals surface area contributed by atoms with Gasteiger partial charge >= 0.3 is 0 Å². The third kappa shape index (κ3) is 4.83. The Morgan fingerprint density at radius 1 is 1.50 bits per heavy atom. The number of nitrogens with zero attached hydrogens (tertiary/aromatic N) is 1. The minimum Gasteiger partial charge on any atom is -0.393 e. The Morgan fingerprint density at radius 2 is 2.15 bits per heavy atom. The summed E-state index contributed by atoms with van der Waals surface area (Å²) in [4.78, 5) is 14.4. The lowest BCUT2D eigenvalue weighted by Gasteiger charge is -2.25. The lowest BCUT2D eigenvalue weighted by Crippen LogP contribution is -2.37. The summed E-state index contributed by atoms with van der Waals surface area (Å²) in [6, 6.07) is 4.69. The molecule has 0 spiro atoms. The van der Waals surface area contributed by atoms with Gasteiger partial charge in [-0.05, 0) is 34.0 Å². The number of benzene rings is 1. The number of nitrogens with two attached hydrogens (primary N) is 1. The highest BCUT2D eigenvalue weighted by Gasteiger charge is 2.21. The standard InChI is InChI=1S/C14H18BrFN2OS/c1-9(2)8-18(7-6-12(17)20)14(19)10-4-3-5-11(15)13(10)16/h3-5,9H,6-8H2,1-2H3,(H2,17,20). The number of carbonyl (C=O) groups excluding carboxylic acids is 1. The number of amides is 1. The van der Waals surface area contributed by atoms with Crippen molar-refractivity contribution >= 4 is 39.0 Å². The van der Waals surface area contributed by atoms with Crippen LogP contribution in [0.15, 0.2) is 22.7 Å². The average Bonchev–Trinajstić information content (AvgIpc) is 2.36. The van der Waals surface area contributed by atoms with Crippen molar-refractivity contribution in [3.05, 3.63) is 34.1 Å². The summed E-state index contributed by atoms with van der Waals surface area (Å²) in [5.74, 6) is -0.601. The first-order valence-electron chi connectivity index (χ1n) is 6.34. The van der Waals surface area contributed by atoms with E-state index in [0.717, 1.165) is 0 Å². The summed E-state index contributed by atoms with van der Waals surface area (Å²) < 4.78 is 14.3. The molecule has 0 heterocycles. The van der Waals surface area contributed by atoms with Gasteiger partial charge in [-0.1, -0.05) is 32.1 Å². The molecule has 0 aliphatic rings. The second kappa shape index (κ2) is 7.69. The Kier molecular flexibility index (Phi) is 6.55. The van der Waals surface area contributed by atoms with Crippen molar-refractivity contribution in [3.8, 4) is 0 Å². The first kappa shape index (κ1) is 17.0. The molecule has 0 atom stereocenters. The van der Waals surface area contributed by atoms with Crippen LogP contribution >= 0.6 is 28.1 Å². The number of thiocarbonyl (C=S) groups is 1. The smallest absolute Gasteiger partial charge is 0.256 e. The van der Waals surface area contributed by atoms with Crippen LogP contribution in [0.25, 0.3) is 0 Å². The van der Waals surface area contributed by atoms with Gasteiger partial charge in [0, 0.05) is 19.5 Å². The van der Waals surface area contributed by atoms with Gasteiger partial charge in [-0.25, -0.2) is 4.39 Å². The highest BCUT2D eigenvalue weighted by atomic mass is 79.9. The molecule has 0 saturated heterocycles. The maximum Gasteiger partial charge on any atom is 0.256 e. The van der Waals surface area contributed by atoms with E-state index in [1.165, 1.54) is 6.07 Å². The van der Waals surface area contributed by atoms with Crippen LogP contribution < -0.4 is 5.73 Å². The van der Waals surface area contributed by atoms with Gasteiger partial charge in [0.05, 0.1) is 15.0 Å². The molecule has 1 amide bonds. The maximum absolute atomic E-state index is 14.0. The van der Waals surface area contributed by atoms with Gasteiger partial charge in [0.2, 0.25) is 0 Å². The van der Waals surface area contributed by atoms with Gasteiger partial charge in [0.15, 0.2) is 0 Å². The molecule has 110 valence electrons. The number of halogens is 2. The van der Waals surface area contributed by atoms with E-state index < -0.39 is 5.82 Å². The minimum atomic E-state index is -0.540. The molecule has 0 saturated carbocycles. The molecule has 20 heavy (non-hydrogen) atoms. The Morgan fingerprint density at radius 3 is 2.70 bits per heavy atom. The third-order valence-electron chi connectivity index (χ3n) is 2.68. The molecule has 1 aromatic rings. The van der Waals surface area contributed by atoms with Crippen molar-refractivity contribution < 1.29 is 9.18 Å². The second-order valence-electron chi connectivity index (χ2n) is 4.96. The van der Waals surface area contributed by atoms with Crippen molar-refractivity contribution in [3.63, 3.8) is 0 Å². The van der Waals surface area contributed by atoms with E-state index in [1.54, 1.807) is 17.0 Å².